The monoisotopic (exact) mass is 406 g/mol. The van der Waals surface area contributed by atoms with Gasteiger partial charge in [0.1, 0.15) is 18.2 Å². The first-order valence-electron chi connectivity index (χ1n) is 9.52. The molecular weight excluding hydrogens is 384 g/mol. The zero-order chi connectivity index (χ0) is 21.1. The quantitative estimate of drug-likeness (QED) is 0.649. The Bertz CT molecular complexity index is 1090. The van der Waals surface area contributed by atoms with E-state index in [1.807, 2.05) is 38.1 Å². The maximum absolute atomic E-state index is 13.3. The van der Waals surface area contributed by atoms with E-state index in [-0.39, 0.29) is 5.91 Å². The normalized spacial score (nSPS) is 15.2. The number of amides is 1. The van der Waals surface area contributed by atoms with Crippen LogP contribution in [0.1, 0.15) is 25.5 Å². The van der Waals surface area contributed by atoms with E-state index in [2.05, 4.69) is 25.7 Å². The second-order valence-corrected chi connectivity index (χ2v) is 6.61. The summed E-state index contributed by atoms with van der Waals surface area (Å²) in [6.45, 7) is 4.27. The molecule has 1 aromatic carbocycles. The fraction of sp³-hybridized carbons (Fsp3) is 0.238. The number of methoxy groups -OCH3 is 1. The Morgan fingerprint density at radius 3 is 2.83 bits per heavy atom. The average Bonchev–Trinajstić information content (AvgIpc) is 3.22. The van der Waals surface area contributed by atoms with Gasteiger partial charge >= 0.3 is 0 Å². The third-order valence-electron chi connectivity index (χ3n) is 4.75. The van der Waals surface area contributed by atoms with Crippen molar-refractivity contribution < 1.29 is 14.3 Å². The van der Waals surface area contributed by atoms with Crippen LogP contribution < -0.4 is 20.1 Å². The van der Waals surface area contributed by atoms with Gasteiger partial charge in [0.15, 0.2) is 11.5 Å². The number of carbonyl (C=O) groups excluding carboxylic acids is 1. The number of aromatic nitrogens is 4. The minimum Gasteiger partial charge on any atom is -0.493 e. The number of nitrogens with one attached hydrogen (secondary N) is 2. The number of pyridine rings is 1. The van der Waals surface area contributed by atoms with Gasteiger partial charge < -0.3 is 20.1 Å². The van der Waals surface area contributed by atoms with Gasteiger partial charge in [-0.2, -0.15) is 10.1 Å². The molecule has 154 valence electrons. The lowest BCUT2D eigenvalue weighted by Crippen LogP contribution is -2.31. The molecule has 0 saturated carbocycles. The van der Waals surface area contributed by atoms with Gasteiger partial charge in [0, 0.05) is 11.9 Å². The van der Waals surface area contributed by atoms with Gasteiger partial charge in [0.05, 0.1) is 19.3 Å². The number of benzene rings is 1. The fourth-order valence-corrected chi connectivity index (χ4v) is 3.44. The smallest absolute Gasteiger partial charge is 0.257 e. The minimum absolute atomic E-state index is 0.280. The van der Waals surface area contributed by atoms with E-state index in [4.69, 9.17) is 9.47 Å². The summed E-state index contributed by atoms with van der Waals surface area (Å²) in [5, 5.41) is 10.4. The molecule has 1 amide bonds. The highest BCUT2D eigenvalue weighted by Gasteiger charge is 2.34. The van der Waals surface area contributed by atoms with E-state index in [0.29, 0.717) is 41.1 Å². The summed E-state index contributed by atoms with van der Waals surface area (Å²) in [5.74, 6) is 1.96. The Morgan fingerprint density at radius 1 is 1.23 bits per heavy atom. The van der Waals surface area contributed by atoms with Gasteiger partial charge in [-0.05, 0) is 43.7 Å². The molecule has 2 N–H and O–H groups in total. The molecule has 3 heterocycles. The van der Waals surface area contributed by atoms with Crippen LogP contribution in [0.15, 0.2) is 60.2 Å². The molecule has 0 spiro atoms. The van der Waals surface area contributed by atoms with Crippen molar-refractivity contribution >= 4 is 17.7 Å². The highest BCUT2D eigenvalue weighted by molar-refractivity contribution is 6.05. The molecule has 9 heteroatoms. The van der Waals surface area contributed by atoms with Crippen molar-refractivity contribution in [1.29, 1.82) is 0 Å². The lowest BCUT2D eigenvalue weighted by atomic mass is 9.94. The number of hydrogen-bond acceptors (Lipinski definition) is 7. The maximum Gasteiger partial charge on any atom is 0.257 e. The number of anilines is 2. The van der Waals surface area contributed by atoms with E-state index in [1.54, 1.807) is 30.1 Å². The number of ether oxygens (including phenoxy) is 2. The molecule has 1 aliphatic rings. The second kappa shape index (κ2) is 8.24. The third-order valence-corrected chi connectivity index (χ3v) is 4.75. The van der Waals surface area contributed by atoms with Gasteiger partial charge in [-0.1, -0.05) is 12.1 Å². The maximum atomic E-state index is 13.3. The van der Waals surface area contributed by atoms with Crippen molar-refractivity contribution in [1.82, 2.24) is 19.7 Å². The Balaban J connectivity index is 1.78. The van der Waals surface area contributed by atoms with Crippen LogP contribution in [0.3, 0.4) is 0 Å². The Hall–Kier alpha value is -3.88. The molecule has 0 saturated heterocycles. The number of fused-ring (bicyclic) bond motifs is 1. The highest BCUT2D eigenvalue weighted by atomic mass is 16.5. The van der Waals surface area contributed by atoms with Gasteiger partial charge in [-0.3, -0.25) is 4.79 Å². The van der Waals surface area contributed by atoms with Gasteiger partial charge in [-0.15, -0.1) is 0 Å². The van der Waals surface area contributed by atoms with Crippen molar-refractivity contribution in [2.75, 3.05) is 24.4 Å². The molecule has 0 bridgehead atoms. The number of carbonyl (C=O) groups is 1. The minimum atomic E-state index is -0.503. The largest absolute Gasteiger partial charge is 0.493 e. The van der Waals surface area contributed by atoms with Gasteiger partial charge in [0.2, 0.25) is 5.95 Å². The van der Waals surface area contributed by atoms with Crippen LogP contribution in [0, 0.1) is 0 Å². The number of rotatable bonds is 6. The number of allylic oxidation sites excluding steroid dienone is 1. The molecule has 1 aliphatic heterocycles. The van der Waals surface area contributed by atoms with Crippen molar-refractivity contribution in [2.24, 2.45) is 0 Å². The molecule has 3 aromatic rings. The SMILES string of the molecule is CCOc1ccc(C2C(C(=O)Nc3ccccn3)=C(C)Nc3ncnn32)cc1OC. The summed E-state index contributed by atoms with van der Waals surface area (Å²) in [6.07, 6.45) is 3.08. The van der Waals surface area contributed by atoms with Crippen LogP contribution in [0.25, 0.3) is 0 Å². The Morgan fingerprint density at radius 2 is 2.10 bits per heavy atom. The molecule has 4 rings (SSSR count). The molecule has 1 atom stereocenters. The fourth-order valence-electron chi connectivity index (χ4n) is 3.44. The van der Waals surface area contributed by atoms with Crippen LogP contribution in [0.5, 0.6) is 11.5 Å². The molecule has 0 radical (unpaired) electrons. The summed E-state index contributed by atoms with van der Waals surface area (Å²) in [4.78, 5) is 21.7. The van der Waals surface area contributed by atoms with Crippen LogP contribution in [0.2, 0.25) is 0 Å². The zero-order valence-electron chi connectivity index (χ0n) is 16.9. The molecule has 30 heavy (non-hydrogen) atoms. The first kappa shape index (κ1) is 19.4. The van der Waals surface area contributed by atoms with E-state index < -0.39 is 6.04 Å². The zero-order valence-corrected chi connectivity index (χ0v) is 16.9. The van der Waals surface area contributed by atoms with Crippen LogP contribution in [0.4, 0.5) is 11.8 Å². The van der Waals surface area contributed by atoms with Crippen molar-refractivity contribution in [3.8, 4) is 11.5 Å². The third kappa shape index (κ3) is 3.57. The Labute approximate surface area is 173 Å². The molecular formula is C21H22N6O3. The predicted octanol–water partition coefficient (Wildman–Crippen LogP) is 3.01. The summed E-state index contributed by atoms with van der Waals surface area (Å²) in [5.41, 5.74) is 2.00. The average molecular weight is 406 g/mol. The standard InChI is InChI=1S/C21H22N6O3/c1-4-30-15-9-8-14(11-16(15)29-3)19-18(13(2)25-21-23-12-24-27(19)21)20(28)26-17-7-5-6-10-22-17/h5-12,19H,4H2,1-3H3,(H,22,26,28)(H,23,24,25). The summed E-state index contributed by atoms with van der Waals surface area (Å²) in [6, 6.07) is 10.4. The summed E-state index contributed by atoms with van der Waals surface area (Å²) < 4.78 is 12.8. The van der Waals surface area contributed by atoms with Crippen molar-refractivity contribution in [3.05, 3.63) is 65.8 Å². The molecule has 0 aliphatic carbocycles. The van der Waals surface area contributed by atoms with E-state index in [1.165, 1.54) is 6.33 Å². The van der Waals surface area contributed by atoms with Gasteiger partial charge in [-0.25, -0.2) is 9.67 Å². The topological polar surface area (TPSA) is 103 Å². The molecule has 0 fully saturated rings. The lowest BCUT2D eigenvalue weighted by molar-refractivity contribution is -0.113. The van der Waals surface area contributed by atoms with Gasteiger partial charge in [0.25, 0.3) is 5.91 Å². The summed E-state index contributed by atoms with van der Waals surface area (Å²) >= 11 is 0. The first-order valence-corrected chi connectivity index (χ1v) is 9.52. The molecule has 9 nitrogen and oxygen atoms in total. The lowest BCUT2D eigenvalue weighted by Gasteiger charge is -2.29. The first-order chi connectivity index (χ1) is 14.6. The second-order valence-electron chi connectivity index (χ2n) is 6.61. The van der Waals surface area contributed by atoms with E-state index >= 15 is 0 Å². The van der Waals surface area contributed by atoms with E-state index in [9.17, 15) is 4.79 Å². The molecule has 1 unspecified atom stereocenters. The number of nitrogens with zero attached hydrogens (tertiary/aromatic N) is 4. The van der Waals surface area contributed by atoms with Crippen molar-refractivity contribution in [2.45, 2.75) is 19.9 Å². The van der Waals surface area contributed by atoms with Crippen LogP contribution in [-0.4, -0.2) is 39.4 Å². The highest BCUT2D eigenvalue weighted by Crippen LogP contribution is 2.38. The van der Waals surface area contributed by atoms with Crippen LogP contribution >= 0.6 is 0 Å². The summed E-state index contributed by atoms with van der Waals surface area (Å²) in [7, 11) is 1.58. The molecule has 2 aromatic heterocycles. The predicted molar refractivity (Wildman–Crippen MR) is 112 cm³/mol. The Kier molecular flexibility index (Phi) is 5.34. The van der Waals surface area contributed by atoms with Crippen LogP contribution in [-0.2, 0) is 4.79 Å². The number of hydrogen-bond donors (Lipinski definition) is 2. The van der Waals surface area contributed by atoms with Crippen molar-refractivity contribution in [3.63, 3.8) is 0 Å². The van der Waals surface area contributed by atoms with E-state index in [0.717, 1.165) is 5.56 Å².